The summed E-state index contributed by atoms with van der Waals surface area (Å²) in [6.45, 7) is 8.70. The lowest BCUT2D eigenvalue weighted by Gasteiger charge is -2.38. The lowest BCUT2D eigenvalue weighted by molar-refractivity contribution is -0.143. The van der Waals surface area contributed by atoms with Crippen LogP contribution < -0.4 is 5.32 Å². The van der Waals surface area contributed by atoms with Crippen molar-refractivity contribution >= 4 is 12.0 Å². The second-order valence-corrected chi connectivity index (χ2v) is 6.40. The molecular weight excluding hydrogens is 272 g/mol. The maximum atomic E-state index is 12.1. The number of carbonyl (C=O) groups excluding carboxylic acids is 1. The number of hydrogen-bond donors (Lipinski definition) is 2. The lowest BCUT2D eigenvalue weighted by Crippen LogP contribution is -2.57. The van der Waals surface area contributed by atoms with Gasteiger partial charge in [0.2, 0.25) is 0 Å². The summed E-state index contributed by atoms with van der Waals surface area (Å²) in [6, 6.07) is -0.574. The Morgan fingerprint density at radius 3 is 2.19 bits per heavy atom. The smallest absolute Gasteiger partial charge is 0.320 e. The van der Waals surface area contributed by atoms with Gasteiger partial charge in [-0.2, -0.15) is 0 Å². The maximum Gasteiger partial charge on any atom is 0.320 e. The number of rotatable bonds is 5. The van der Waals surface area contributed by atoms with Crippen molar-refractivity contribution in [2.75, 3.05) is 46.8 Å². The predicted octanol–water partition coefficient (Wildman–Crippen LogP) is 0.127. The normalized spacial score (nSPS) is 18.7. The van der Waals surface area contributed by atoms with Crippen LogP contribution in [0.15, 0.2) is 0 Å². The Kier molecular flexibility index (Phi) is 5.98. The van der Waals surface area contributed by atoms with Crippen LogP contribution in [0.4, 0.5) is 4.79 Å². The van der Waals surface area contributed by atoms with E-state index in [0.29, 0.717) is 32.7 Å². The molecule has 2 amide bonds. The van der Waals surface area contributed by atoms with Gasteiger partial charge in [0.15, 0.2) is 0 Å². The minimum absolute atomic E-state index is 0.0763. The molecule has 0 spiro atoms. The zero-order chi connectivity index (χ0) is 16.2. The Bertz CT molecular complexity index is 376. The zero-order valence-electron chi connectivity index (χ0n) is 13.7. The number of urea groups is 1. The number of nitrogens with zero attached hydrogens (tertiary/aromatic N) is 3. The van der Waals surface area contributed by atoms with Gasteiger partial charge < -0.3 is 20.2 Å². The largest absolute Gasteiger partial charge is 0.480 e. The number of carbonyl (C=O) groups is 2. The molecule has 1 fully saturated rings. The monoisotopic (exact) mass is 300 g/mol. The van der Waals surface area contributed by atoms with Crippen LogP contribution in [0.3, 0.4) is 0 Å². The average Bonchev–Trinajstić information content (AvgIpc) is 2.44. The van der Waals surface area contributed by atoms with E-state index >= 15 is 0 Å². The molecule has 0 aliphatic carbocycles. The fraction of sp³-hybridized carbons (Fsp3) is 0.857. The Hall–Kier alpha value is -1.34. The van der Waals surface area contributed by atoms with Gasteiger partial charge in [0, 0.05) is 38.3 Å². The van der Waals surface area contributed by atoms with E-state index in [2.05, 4.69) is 24.1 Å². The first-order chi connectivity index (χ1) is 9.65. The summed E-state index contributed by atoms with van der Waals surface area (Å²) in [5, 5.41) is 11.9. The lowest BCUT2D eigenvalue weighted by atomic mass is 10.0. The topological polar surface area (TPSA) is 76.1 Å². The minimum atomic E-state index is -0.819. The van der Waals surface area contributed by atoms with Crippen molar-refractivity contribution < 1.29 is 14.7 Å². The highest BCUT2D eigenvalue weighted by Gasteiger charge is 2.28. The van der Waals surface area contributed by atoms with E-state index in [0.717, 1.165) is 0 Å². The van der Waals surface area contributed by atoms with E-state index in [9.17, 15) is 9.59 Å². The highest BCUT2D eigenvalue weighted by molar-refractivity contribution is 5.75. The quantitative estimate of drug-likeness (QED) is 0.754. The van der Waals surface area contributed by atoms with Gasteiger partial charge in [-0.3, -0.25) is 9.69 Å². The third kappa shape index (κ3) is 4.86. The molecule has 0 aromatic rings. The van der Waals surface area contributed by atoms with Gasteiger partial charge in [-0.15, -0.1) is 0 Å². The fourth-order valence-corrected chi connectivity index (χ4v) is 2.03. The summed E-state index contributed by atoms with van der Waals surface area (Å²) in [6.07, 6.45) is 0. The van der Waals surface area contributed by atoms with Crippen molar-refractivity contribution in [3.8, 4) is 0 Å². The summed E-state index contributed by atoms with van der Waals surface area (Å²) in [4.78, 5) is 28.8. The SMILES string of the molecule is CC(C(=O)O)N1CCN(C(=O)NCC(C)(C)N(C)C)CC1. The van der Waals surface area contributed by atoms with Crippen molar-refractivity contribution in [2.24, 2.45) is 0 Å². The van der Waals surface area contributed by atoms with Gasteiger partial charge in [-0.25, -0.2) is 4.79 Å². The van der Waals surface area contributed by atoms with Crippen molar-refractivity contribution in [1.29, 1.82) is 0 Å². The highest BCUT2D eigenvalue weighted by atomic mass is 16.4. The first-order valence-electron chi connectivity index (χ1n) is 7.32. The van der Waals surface area contributed by atoms with Crippen LogP contribution in [0.5, 0.6) is 0 Å². The molecule has 0 bridgehead atoms. The Morgan fingerprint density at radius 1 is 1.24 bits per heavy atom. The number of aliphatic carboxylic acids is 1. The Morgan fingerprint density at radius 2 is 1.76 bits per heavy atom. The minimum Gasteiger partial charge on any atom is -0.480 e. The van der Waals surface area contributed by atoms with Crippen molar-refractivity contribution in [3.63, 3.8) is 0 Å². The molecule has 1 heterocycles. The van der Waals surface area contributed by atoms with Crippen LogP contribution in [0, 0.1) is 0 Å². The highest BCUT2D eigenvalue weighted by Crippen LogP contribution is 2.10. The Labute approximate surface area is 126 Å². The van der Waals surface area contributed by atoms with Crippen molar-refractivity contribution in [1.82, 2.24) is 20.0 Å². The van der Waals surface area contributed by atoms with Crippen LogP contribution in [0.1, 0.15) is 20.8 Å². The molecule has 122 valence electrons. The predicted molar refractivity (Wildman–Crippen MR) is 81.4 cm³/mol. The number of piperazine rings is 1. The third-order valence-electron chi connectivity index (χ3n) is 4.39. The van der Waals surface area contributed by atoms with Crippen molar-refractivity contribution in [2.45, 2.75) is 32.4 Å². The molecule has 1 unspecified atom stereocenters. The molecule has 1 saturated heterocycles. The van der Waals surface area contributed by atoms with E-state index in [1.165, 1.54) is 0 Å². The van der Waals surface area contributed by atoms with Gasteiger partial charge in [-0.05, 0) is 34.9 Å². The van der Waals surface area contributed by atoms with Crippen LogP contribution in [0.2, 0.25) is 0 Å². The summed E-state index contributed by atoms with van der Waals surface area (Å²) < 4.78 is 0. The van der Waals surface area contributed by atoms with Gasteiger partial charge in [0.1, 0.15) is 6.04 Å². The number of carboxylic acid groups (broad SMARTS) is 1. The molecule has 1 rings (SSSR count). The molecule has 0 radical (unpaired) electrons. The molecule has 7 nitrogen and oxygen atoms in total. The summed E-state index contributed by atoms with van der Waals surface area (Å²) >= 11 is 0. The second kappa shape index (κ2) is 7.09. The molecule has 2 N–H and O–H groups in total. The maximum absolute atomic E-state index is 12.1. The number of hydrogen-bond acceptors (Lipinski definition) is 4. The van der Waals surface area contributed by atoms with E-state index in [-0.39, 0.29) is 11.6 Å². The summed E-state index contributed by atoms with van der Waals surface area (Å²) in [5.74, 6) is -0.819. The standard InChI is InChI=1S/C14H28N4O3/c1-11(12(19)20)17-6-8-18(9-7-17)13(21)15-10-14(2,3)16(4)5/h11H,6-10H2,1-5H3,(H,15,21)(H,19,20). The average molecular weight is 300 g/mol. The molecule has 0 aromatic carbocycles. The van der Waals surface area contributed by atoms with E-state index < -0.39 is 12.0 Å². The van der Waals surface area contributed by atoms with E-state index in [4.69, 9.17) is 5.11 Å². The summed E-state index contributed by atoms with van der Waals surface area (Å²) in [7, 11) is 3.97. The molecule has 1 aliphatic heterocycles. The number of nitrogens with one attached hydrogen (secondary N) is 1. The van der Waals surface area contributed by atoms with Crippen LogP contribution in [0.25, 0.3) is 0 Å². The van der Waals surface area contributed by atoms with Crippen LogP contribution in [-0.2, 0) is 4.79 Å². The first-order valence-corrected chi connectivity index (χ1v) is 7.32. The van der Waals surface area contributed by atoms with E-state index in [1.807, 2.05) is 19.0 Å². The third-order valence-corrected chi connectivity index (χ3v) is 4.39. The molecular formula is C14H28N4O3. The zero-order valence-corrected chi connectivity index (χ0v) is 13.7. The first kappa shape index (κ1) is 17.7. The molecule has 1 aliphatic rings. The van der Waals surface area contributed by atoms with Gasteiger partial charge in [-0.1, -0.05) is 0 Å². The second-order valence-electron chi connectivity index (χ2n) is 6.40. The molecule has 0 saturated carbocycles. The number of likely N-dealkylation sites (N-methyl/N-ethyl adjacent to an activating group) is 1. The number of carboxylic acids is 1. The molecule has 7 heteroatoms. The van der Waals surface area contributed by atoms with Gasteiger partial charge in [0.25, 0.3) is 0 Å². The van der Waals surface area contributed by atoms with Gasteiger partial charge >= 0.3 is 12.0 Å². The van der Waals surface area contributed by atoms with Crippen molar-refractivity contribution in [3.05, 3.63) is 0 Å². The van der Waals surface area contributed by atoms with E-state index in [1.54, 1.807) is 11.8 Å². The van der Waals surface area contributed by atoms with Crippen LogP contribution >= 0.6 is 0 Å². The van der Waals surface area contributed by atoms with Crippen LogP contribution in [-0.4, -0.2) is 90.2 Å². The summed E-state index contributed by atoms with van der Waals surface area (Å²) in [5.41, 5.74) is -0.102. The molecule has 1 atom stereocenters. The molecule has 21 heavy (non-hydrogen) atoms. The molecule has 0 aromatic heterocycles. The number of amides is 2. The Balaban J connectivity index is 2.41. The fourth-order valence-electron chi connectivity index (χ4n) is 2.03. The van der Waals surface area contributed by atoms with Gasteiger partial charge in [0.05, 0.1) is 0 Å².